The summed E-state index contributed by atoms with van der Waals surface area (Å²) in [7, 11) is -2.78. The van der Waals surface area contributed by atoms with Crippen molar-refractivity contribution in [2.24, 2.45) is 0 Å². The molecule has 0 bridgehead atoms. The molecule has 0 aliphatic rings. The third-order valence-electron chi connectivity index (χ3n) is 3.48. The van der Waals surface area contributed by atoms with Crippen molar-refractivity contribution in [1.29, 1.82) is 0 Å². The number of carbonyl (C=O) groups is 1. The topological polar surface area (TPSA) is 86.7 Å². The number of carbonyl (C=O) groups excluding carboxylic acids is 1. The monoisotopic (exact) mass is 348 g/mol. The van der Waals surface area contributed by atoms with Gasteiger partial charge in [-0.2, -0.15) is 0 Å². The van der Waals surface area contributed by atoms with Gasteiger partial charge in [0.1, 0.15) is 10.6 Å². The molecule has 0 N–H and O–H groups in total. The zero-order valence-corrected chi connectivity index (χ0v) is 14.5. The molecule has 0 aliphatic carbocycles. The molecule has 6 nitrogen and oxygen atoms in total. The van der Waals surface area contributed by atoms with Crippen LogP contribution in [0.5, 0.6) is 5.75 Å². The van der Waals surface area contributed by atoms with Gasteiger partial charge in [-0.05, 0) is 43.7 Å². The number of ether oxygens (including phenoxy) is 1. The lowest BCUT2D eigenvalue weighted by molar-refractivity contribution is -0.303. The molecule has 0 amide bonds. The van der Waals surface area contributed by atoms with Crippen LogP contribution in [0.2, 0.25) is 0 Å². The standard InChI is InChI=1S/C17H19NO5S/c1-12-4-7-14(8-5-12)18(11-17(19)20)24(21,22)16-10-13(2)6-9-15(16)23-3/h4-10H,11H2,1-3H3,(H,19,20)/p-1. The van der Waals surface area contributed by atoms with Crippen molar-refractivity contribution in [2.45, 2.75) is 18.7 Å². The molecule has 0 spiro atoms. The number of nitrogens with zero attached hydrogens (tertiary/aromatic N) is 1. The summed E-state index contributed by atoms with van der Waals surface area (Å²) in [5.41, 5.74) is 1.89. The smallest absolute Gasteiger partial charge is 0.268 e. The number of aryl methyl sites for hydroxylation is 2. The van der Waals surface area contributed by atoms with Crippen LogP contribution in [-0.4, -0.2) is 28.0 Å². The van der Waals surface area contributed by atoms with Gasteiger partial charge in [-0.1, -0.05) is 23.8 Å². The highest BCUT2D eigenvalue weighted by atomic mass is 32.2. The van der Waals surface area contributed by atoms with Crippen LogP contribution in [0.3, 0.4) is 0 Å². The SMILES string of the molecule is COc1ccc(C)cc1S(=O)(=O)N(CC(=O)[O-])c1ccc(C)cc1. The van der Waals surface area contributed by atoms with Gasteiger partial charge in [-0.25, -0.2) is 8.42 Å². The van der Waals surface area contributed by atoms with Crippen LogP contribution in [-0.2, 0) is 14.8 Å². The first-order chi connectivity index (χ1) is 11.3. The molecule has 0 atom stereocenters. The van der Waals surface area contributed by atoms with Crippen LogP contribution in [0, 0.1) is 13.8 Å². The first-order valence-electron chi connectivity index (χ1n) is 7.19. The first kappa shape index (κ1) is 17.8. The highest BCUT2D eigenvalue weighted by Gasteiger charge is 2.28. The lowest BCUT2D eigenvalue weighted by atomic mass is 10.2. The van der Waals surface area contributed by atoms with Crippen molar-refractivity contribution in [3.8, 4) is 5.75 Å². The van der Waals surface area contributed by atoms with Gasteiger partial charge in [-0.15, -0.1) is 0 Å². The second-order valence-corrected chi connectivity index (χ2v) is 7.20. The molecule has 128 valence electrons. The molecule has 0 aliphatic heterocycles. The summed E-state index contributed by atoms with van der Waals surface area (Å²) >= 11 is 0. The summed E-state index contributed by atoms with van der Waals surface area (Å²) in [6, 6.07) is 11.2. The molecular weight excluding hydrogens is 330 g/mol. The Hall–Kier alpha value is -2.54. The average Bonchev–Trinajstić information content (AvgIpc) is 2.53. The van der Waals surface area contributed by atoms with Crippen LogP contribution in [0.15, 0.2) is 47.4 Å². The van der Waals surface area contributed by atoms with Crippen LogP contribution >= 0.6 is 0 Å². The highest BCUT2D eigenvalue weighted by molar-refractivity contribution is 7.93. The molecule has 0 unspecified atom stereocenters. The van der Waals surface area contributed by atoms with Crippen molar-refractivity contribution < 1.29 is 23.1 Å². The van der Waals surface area contributed by atoms with Crippen molar-refractivity contribution >= 4 is 21.7 Å². The molecule has 24 heavy (non-hydrogen) atoms. The Morgan fingerprint density at radius 3 is 2.21 bits per heavy atom. The third-order valence-corrected chi connectivity index (χ3v) is 5.28. The van der Waals surface area contributed by atoms with E-state index in [1.54, 1.807) is 37.3 Å². The summed E-state index contributed by atoms with van der Waals surface area (Å²) in [5, 5.41) is 11.1. The molecule has 0 radical (unpaired) electrons. The fourth-order valence-corrected chi connectivity index (χ4v) is 3.90. The van der Waals surface area contributed by atoms with E-state index in [9.17, 15) is 18.3 Å². The largest absolute Gasteiger partial charge is 0.548 e. The van der Waals surface area contributed by atoms with Crippen LogP contribution in [0.25, 0.3) is 0 Å². The van der Waals surface area contributed by atoms with Gasteiger partial charge in [0.05, 0.1) is 25.3 Å². The van der Waals surface area contributed by atoms with E-state index in [4.69, 9.17) is 4.74 Å². The Morgan fingerprint density at radius 1 is 1.08 bits per heavy atom. The lowest BCUT2D eigenvalue weighted by Gasteiger charge is -2.26. The van der Waals surface area contributed by atoms with E-state index in [2.05, 4.69) is 0 Å². The number of rotatable bonds is 6. The molecule has 0 heterocycles. The van der Waals surface area contributed by atoms with E-state index in [1.165, 1.54) is 19.2 Å². The number of aliphatic carboxylic acids is 1. The number of anilines is 1. The maximum atomic E-state index is 13.0. The van der Waals surface area contributed by atoms with E-state index in [1.807, 2.05) is 6.92 Å². The van der Waals surface area contributed by atoms with E-state index >= 15 is 0 Å². The fraction of sp³-hybridized carbons (Fsp3) is 0.235. The second-order valence-electron chi connectivity index (χ2n) is 5.37. The zero-order valence-electron chi connectivity index (χ0n) is 13.6. The normalized spacial score (nSPS) is 11.1. The van der Waals surface area contributed by atoms with Gasteiger partial charge >= 0.3 is 0 Å². The molecule has 0 saturated heterocycles. The predicted octanol–water partition coefficient (Wildman–Crippen LogP) is 1.26. The Balaban J connectivity index is 2.62. The summed E-state index contributed by atoms with van der Waals surface area (Å²) < 4.78 is 32.0. The maximum Gasteiger partial charge on any atom is 0.268 e. The zero-order chi connectivity index (χ0) is 17.9. The van der Waals surface area contributed by atoms with Crippen LogP contribution < -0.4 is 14.1 Å². The summed E-state index contributed by atoms with van der Waals surface area (Å²) in [6.45, 7) is 2.81. The van der Waals surface area contributed by atoms with Crippen molar-refractivity contribution in [3.05, 3.63) is 53.6 Å². The number of hydrogen-bond donors (Lipinski definition) is 0. The molecule has 2 aromatic carbocycles. The molecule has 7 heteroatoms. The number of benzene rings is 2. The molecule has 2 aromatic rings. The first-order valence-corrected chi connectivity index (χ1v) is 8.63. The molecular formula is C17H18NO5S-. The van der Waals surface area contributed by atoms with E-state index < -0.39 is 22.5 Å². The number of sulfonamides is 1. The Morgan fingerprint density at radius 2 is 1.67 bits per heavy atom. The number of hydrogen-bond acceptors (Lipinski definition) is 5. The van der Waals surface area contributed by atoms with Crippen LogP contribution in [0.4, 0.5) is 5.69 Å². The lowest BCUT2D eigenvalue weighted by Crippen LogP contribution is -2.41. The van der Waals surface area contributed by atoms with E-state index in [-0.39, 0.29) is 16.3 Å². The predicted molar refractivity (Wildman–Crippen MR) is 88.4 cm³/mol. The minimum atomic E-state index is -4.14. The van der Waals surface area contributed by atoms with Gasteiger partial charge in [0, 0.05) is 0 Å². The Labute approximate surface area is 141 Å². The van der Waals surface area contributed by atoms with E-state index in [0.717, 1.165) is 9.87 Å². The number of methoxy groups -OCH3 is 1. The van der Waals surface area contributed by atoms with Gasteiger partial charge in [-0.3, -0.25) is 4.31 Å². The van der Waals surface area contributed by atoms with Crippen molar-refractivity contribution in [1.82, 2.24) is 0 Å². The molecule has 0 aromatic heterocycles. The second kappa shape index (κ2) is 6.92. The van der Waals surface area contributed by atoms with Crippen molar-refractivity contribution in [2.75, 3.05) is 18.0 Å². The van der Waals surface area contributed by atoms with Gasteiger partial charge in [0.25, 0.3) is 10.0 Å². The molecule has 2 rings (SSSR count). The maximum absolute atomic E-state index is 13.0. The van der Waals surface area contributed by atoms with Gasteiger partial charge < -0.3 is 14.6 Å². The third kappa shape index (κ3) is 3.68. The minimum absolute atomic E-state index is 0.0909. The Bertz CT molecular complexity index is 844. The van der Waals surface area contributed by atoms with E-state index in [0.29, 0.717) is 5.56 Å². The molecule has 0 saturated carbocycles. The van der Waals surface area contributed by atoms with Crippen LogP contribution in [0.1, 0.15) is 11.1 Å². The summed E-state index contributed by atoms with van der Waals surface area (Å²) in [5.74, 6) is -1.35. The fourth-order valence-electron chi connectivity index (χ4n) is 2.25. The molecule has 0 fully saturated rings. The summed E-state index contributed by atoms with van der Waals surface area (Å²) in [6.07, 6.45) is 0. The average molecular weight is 348 g/mol. The summed E-state index contributed by atoms with van der Waals surface area (Å²) in [4.78, 5) is 11.0. The van der Waals surface area contributed by atoms with Gasteiger partial charge in [0.2, 0.25) is 0 Å². The number of carboxylic acid groups (broad SMARTS) is 1. The highest BCUT2D eigenvalue weighted by Crippen LogP contribution is 2.30. The minimum Gasteiger partial charge on any atom is -0.548 e. The van der Waals surface area contributed by atoms with Crippen molar-refractivity contribution in [3.63, 3.8) is 0 Å². The van der Waals surface area contributed by atoms with Gasteiger partial charge in [0.15, 0.2) is 0 Å². The number of carboxylic acids is 1. The quantitative estimate of drug-likeness (QED) is 0.784. The Kier molecular flexibility index (Phi) is 5.14.